The molecule has 1 unspecified atom stereocenters. The van der Waals surface area contributed by atoms with Crippen LogP contribution < -0.4 is 4.90 Å². The Balaban J connectivity index is 1.72. The first-order valence-electron chi connectivity index (χ1n) is 6.84. The molecular weight excluding hydrogens is 283 g/mol. The van der Waals surface area contributed by atoms with Gasteiger partial charge in [-0.1, -0.05) is 12.1 Å². The summed E-state index contributed by atoms with van der Waals surface area (Å²) in [6.07, 6.45) is -4.16. The summed E-state index contributed by atoms with van der Waals surface area (Å²) in [6.45, 7) is 2.23. The van der Waals surface area contributed by atoms with E-state index in [1.807, 2.05) is 29.2 Å². The second-order valence-corrected chi connectivity index (χ2v) is 5.34. The maximum atomic E-state index is 12.5. The molecule has 1 aliphatic rings. The minimum Gasteiger partial charge on any atom is -0.423 e. The van der Waals surface area contributed by atoms with Crippen LogP contribution >= 0.6 is 0 Å². The van der Waals surface area contributed by atoms with Crippen LogP contribution in [0.25, 0.3) is 11.1 Å². The largest absolute Gasteiger partial charge is 0.423 e. The Morgan fingerprint density at radius 2 is 2.05 bits per heavy atom. The summed E-state index contributed by atoms with van der Waals surface area (Å²) in [5, 5.41) is 0. The Morgan fingerprint density at radius 1 is 1.29 bits per heavy atom. The van der Waals surface area contributed by atoms with Crippen molar-refractivity contribution in [3.63, 3.8) is 0 Å². The highest BCUT2D eigenvalue weighted by molar-refractivity contribution is 5.74. The molecule has 2 heterocycles. The third-order valence-electron chi connectivity index (χ3n) is 3.70. The average Bonchev–Trinajstić information content (AvgIpc) is 2.83. The molecule has 0 radical (unpaired) electrons. The number of para-hydroxylation sites is 2. The van der Waals surface area contributed by atoms with E-state index in [1.165, 1.54) is 4.90 Å². The second-order valence-electron chi connectivity index (χ2n) is 5.34. The summed E-state index contributed by atoms with van der Waals surface area (Å²) in [5.41, 5.74) is 1.45. The van der Waals surface area contributed by atoms with Crippen molar-refractivity contribution < 1.29 is 17.6 Å². The lowest BCUT2D eigenvalue weighted by Gasteiger charge is -2.39. The lowest BCUT2D eigenvalue weighted by atomic mass is 10.2. The van der Waals surface area contributed by atoms with E-state index < -0.39 is 12.7 Å². The first-order valence-corrected chi connectivity index (χ1v) is 6.84. The molecule has 0 N–H and O–H groups in total. The van der Waals surface area contributed by atoms with E-state index in [2.05, 4.69) is 4.98 Å². The smallest absolute Gasteiger partial charge is 0.401 e. The van der Waals surface area contributed by atoms with Gasteiger partial charge in [0.25, 0.3) is 6.01 Å². The van der Waals surface area contributed by atoms with Gasteiger partial charge in [-0.25, -0.2) is 0 Å². The summed E-state index contributed by atoms with van der Waals surface area (Å²) in [5.74, 6) is 0. The van der Waals surface area contributed by atoms with E-state index >= 15 is 0 Å². The molecule has 4 nitrogen and oxygen atoms in total. The number of hydrogen-bond donors (Lipinski definition) is 0. The highest BCUT2D eigenvalue weighted by Gasteiger charge is 2.35. The number of piperazine rings is 1. The predicted octanol–water partition coefficient (Wildman–Crippen LogP) is 2.90. The van der Waals surface area contributed by atoms with Crippen molar-refractivity contribution in [2.24, 2.45) is 0 Å². The molecule has 0 saturated carbocycles. The summed E-state index contributed by atoms with van der Waals surface area (Å²) in [6, 6.07) is 7.70. The van der Waals surface area contributed by atoms with Crippen molar-refractivity contribution in [3.05, 3.63) is 24.3 Å². The SMILES string of the molecule is CC1CN(c2nc3ccccc3o2)CCN1CC(F)(F)F. The number of aromatic nitrogens is 1. The number of fused-ring (bicyclic) bond motifs is 1. The Hall–Kier alpha value is -1.76. The van der Waals surface area contributed by atoms with Crippen LogP contribution in [0.5, 0.6) is 0 Å². The molecule has 0 bridgehead atoms. The van der Waals surface area contributed by atoms with E-state index in [0.29, 0.717) is 31.2 Å². The first kappa shape index (κ1) is 14.2. The molecule has 1 aliphatic heterocycles. The van der Waals surface area contributed by atoms with E-state index in [1.54, 1.807) is 6.92 Å². The molecule has 3 rings (SSSR count). The summed E-state index contributed by atoms with van der Waals surface area (Å²) in [7, 11) is 0. The van der Waals surface area contributed by atoms with Crippen LogP contribution in [0.15, 0.2) is 28.7 Å². The van der Waals surface area contributed by atoms with Crippen LogP contribution in [0.2, 0.25) is 0 Å². The van der Waals surface area contributed by atoms with Crippen molar-refractivity contribution in [3.8, 4) is 0 Å². The zero-order chi connectivity index (χ0) is 15.0. The lowest BCUT2D eigenvalue weighted by Crippen LogP contribution is -2.54. The number of oxazole rings is 1. The molecular formula is C14H16F3N3O. The molecule has 0 spiro atoms. The zero-order valence-corrected chi connectivity index (χ0v) is 11.6. The summed E-state index contributed by atoms with van der Waals surface area (Å²) in [4.78, 5) is 7.73. The van der Waals surface area contributed by atoms with Crippen LogP contribution in [0.1, 0.15) is 6.92 Å². The monoisotopic (exact) mass is 299 g/mol. The molecule has 0 aliphatic carbocycles. The highest BCUT2D eigenvalue weighted by Crippen LogP contribution is 2.25. The van der Waals surface area contributed by atoms with Gasteiger partial charge in [0.2, 0.25) is 0 Å². The molecule has 1 fully saturated rings. The van der Waals surface area contributed by atoms with E-state index in [-0.39, 0.29) is 6.04 Å². The minimum atomic E-state index is -4.16. The fourth-order valence-electron chi connectivity index (χ4n) is 2.63. The first-order chi connectivity index (χ1) is 9.92. The Morgan fingerprint density at radius 3 is 2.71 bits per heavy atom. The molecule has 0 amide bonds. The number of rotatable bonds is 2. The molecule has 1 aromatic carbocycles. The molecule has 2 aromatic rings. The zero-order valence-electron chi connectivity index (χ0n) is 11.6. The van der Waals surface area contributed by atoms with Crippen molar-refractivity contribution in [2.45, 2.75) is 19.1 Å². The minimum absolute atomic E-state index is 0.199. The Bertz CT molecular complexity index is 592. The second kappa shape index (κ2) is 5.22. The van der Waals surface area contributed by atoms with Gasteiger partial charge in [-0.05, 0) is 19.1 Å². The molecule has 1 saturated heterocycles. The standard InChI is InChI=1S/C14H16F3N3O/c1-10-8-19(6-7-20(10)9-14(15,16)17)13-18-11-4-2-3-5-12(11)21-13/h2-5,10H,6-9H2,1H3. The van der Waals surface area contributed by atoms with Crippen LogP contribution in [0.4, 0.5) is 19.2 Å². The topological polar surface area (TPSA) is 32.5 Å². The van der Waals surface area contributed by atoms with Gasteiger partial charge in [0.05, 0.1) is 6.54 Å². The van der Waals surface area contributed by atoms with E-state index in [4.69, 9.17) is 4.42 Å². The molecule has 114 valence electrons. The van der Waals surface area contributed by atoms with Gasteiger partial charge in [0.15, 0.2) is 5.58 Å². The third-order valence-corrected chi connectivity index (χ3v) is 3.70. The molecule has 1 aromatic heterocycles. The Kier molecular flexibility index (Phi) is 3.52. The number of halogens is 3. The number of nitrogens with zero attached hydrogens (tertiary/aromatic N) is 3. The fourth-order valence-corrected chi connectivity index (χ4v) is 2.63. The third kappa shape index (κ3) is 3.12. The highest BCUT2D eigenvalue weighted by atomic mass is 19.4. The van der Waals surface area contributed by atoms with Gasteiger partial charge < -0.3 is 9.32 Å². The molecule has 21 heavy (non-hydrogen) atoms. The van der Waals surface area contributed by atoms with E-state index in [9.17, 15) is 13.2 Å². The summed E-state index contributed by atoms with van der Waals surface area (Å²) >= 11 is 0. The maximum Gasteiger partial charge on any atom is 0.401 e. The van der Waals surface area contributed by atoms with Crippen LogP contribution in [-0.2, 0) is 0 Å². The maximum absolute atomic E-state index is 12.5. The normalized spacial score (nSPS) is 21.1. The predicted molar refractivity (Wildman–Crippen MR) is 73.3 cm³/mol. The average molecular weight is 299 g/mol. The number of benzene rings is 1. The van der Waals surface area contributed by atoms with Crippen LogP contribution in [0, 0.1) is 0 Å². The molecule has 1 atom stereocenters. The number of alkyl halides is 3. The van der Waals surface area contributed by atoms with Gasteiger partial charge >= 0.3 is 6.18 Å². The van der Waals surface area contributed by atoms with Crippen LogP contribution in [0.3, 0.4) is 0 Å². The van der Waals surface area contributed by atoms with Crippen LogP contribution in [-0.4, -0.2) is 48.3 Å². The Labute approximate surface area is 120 Å². The van der Waals surface area contributed by atoms with Gasteiger partial charge in [-0.2, -0.15) is 18.2 Å². The van der Waals surface area contributed by atoms with Gasteiger partial charge in [-0.15, -0.1) is 0 Å². The van der Waals surface area contributed by atoms with Crippen molar-refractivity contribution >= 4 is 17.1 Å². The fraction of sp³-hybridized carbons (Fsp3) is 0.500. The van der Waals surface area contributed by atoms with Gasteiger partial charge in [-0.3, -0.25) is 4.90 Å². The quantitative estimate of drug-likeness (QED) is 0.853. The lowest BCUT2D eigenvalue weighted by molar-refractivity contribution is -0.150. The molecule has 7 heteroatoms. The summed E-state index contributed by atoms with van der Waals surface area (Å²) < 4.78 is 43.1. The number of hydrogen-bond acceptors (Lipinski definition) is 4. The van der Waals surface area contributed by atoms with Gasteiger partial charge in [0, 0.05) is 25.7 Å². The number of anilines is 1. The van der Waals surface area contributed by atoms with Crippen molar-refractivity contribution in [2.75, 3.05) is 31.1 Å². The van der Waals surface area contributed by atoms with Crippen molar-refractivity contribution in [1.29, 1.82) is 0 Å². The van der Waals surface area contributed by atoms with Gasteiger partial charge in [0.1, 0.15) is 5.52 Å². The van der Waals surface area contributed by atoms with E-state index in [0.717, 1.165) is 5.52 Å². The van der Waals surface area contributed by atoms with Crippen molar-refractivity contribution in [1.82, 2.24) is 9.88 Å².